The summed E-state index contributed by atoms with van der Waals surface area (Å²) in [5.41, 5.74) is 6.18. The molecule has 0 aliphatic heterocycles. The predicted octanol–water partition coefficient (Wildman–Crippen LogP) is 0.0342. The highest BCUT2D eigenvalue weighted by Gasteiger charge is 2.10. The fourth-order valence-electron chi connectivity index (χ4n) is 1.00. The van der Waals surface area contributed by atoms with Crippen molar-refractivity contribution in [1.29, 1.82) is 0 Å². The first-order valence-electron chi connectivity index (χ1n) is 4.15. The van der Waals surface area contributed by atoms with Gasteiger partial charge in [-0.15, -0.1) is 0 Å². The maximum absolute atomic E-state index is 11.5. The van der Waals surface area contributed by atoms with Gasteiger partial charge in [0, 0.05) is 6.20 Å². The lowest BCUT2D eigenvalue weighted by atomic mass is 10.3. The van der Waals surface area contributed by atoms with E-state index in [9.17, 15) is 4.79 Å². The van der Waals surface area contributed by atoms with Crippen LogP contribution in [-0.4, -0.2) is 26.3 Å². The minimum atomic E-state index is -0.408. The van der Waals surface area contributed by atoms with E-state index in [0.717, 1.165) is 0 Å². The van der Waals surface area contributed by atoms with E-state index < -0.39 is 5.91 Å². The first kappa shape index (κ1) is 9.13. The maximum atomic E-state index is 11.5. The predicted molar refractivity (Wildman–Crippen MR) is 53.0 cm³/mol. The highest BCUT2D eigenvalue weighted by molar-refractivity contribution is 6.03. The topological polar surface area (TPSA) is 110 Å². The number of aromatic nitrogens is 4. The van der Waals surface area contributed by atoms with Gasteiger partial charge in [0.1, 0.15) is 0 Å². The van der Waals surface area contributed by atoms with Crippen molar-refractivity contribution < 1.29 is 4.79 Å². The molecule has 4 N–H and O–H groups in total. The molecular formula is C8H8N6O. The molecule has 1 amide bonds. The Bertz CT molecular complexity index is 466. The van der Waals surface area contributed by atoms with Gasteiger partial charge in [0.25, 0.3) is 5.91 Å². The van der Waals surface area contributed by atoms with Crippen LogP contribution in [0.25, 0.3) is 0 Å². The lowest BCUT2D eigenvalue weighted by Gasteiger charge is -2.03. The Balaban J connectivity index is 2.17. The van der Waals surface area contributed by atoms with E-state index in [1.165, 1.54) is 12.4 Å². The summed E-state index contributed by atoms with van der Waals surface area (Å²) < 4.78 is 0. The normalized spacial score (nSPS) is 9.87. The van der Waals surface area contributed by atoms with E-state index in [1.54, 1.807) is 12.1 Å². The molecule has 0 spiro atoms. The van der Waals surface area contributed by atoms with Crippen LogP contribution in [-0.2, 0) is 0 Å². The Morgan fingerprint density at radius 3 is 3.07 bits per heavy atom. The monoisotopic (exact) mass is 204 g/mol. The molecule has 15 heavy (non-hydrogen) atoms. The molecule has 0 radical (unpaired) electrons. The zero-order valence-electron chi connectivity index (χ0n) is 7.64. The van der Waals surface area contributed by atoms with Crippen molar-refractivity contribution in [3.05, 3.63) is 30.2 Å². The van der Waals surface area contributed by atoms with Crippen molar-refractivity contribution in [2.75, 3.05) is 11.1 Å². The molecule has 0 aliphatic carbocycles. The van der Waals surface area contributed by atoms with E-state index in [-0.39, 0.29) is 5.69 Å². The van der Waals surface area contributed by atoms with Gasteiger partial charge < -0.3 is 11.1 Å². The summed E-state index contributed by atoms with van der Waals surface area (Å²) in [6.07, 6.45) is 2.85. The van der Waals surface area contributed by atoms with Gasteiger partial charge in [0.15, 0.2) is 11.5 Å². The van der Waals surface area contributed by atoms with Crippen LogP contribution in [0.4, 0.5) is 11.5 Å². The van der Waals surface area contributed by atoms with E-state index in [2.05, 4.69) is 25.7 Å². The Morgan fingerprint density at radius 1 is 1.53 bits per heavy atom. The molecule has 76 valence electrons. The first-order valence-corrected chi connectivity index (χ1v) is 4.15. The zero-order chi connectivity index (χ0) is 10.7. The third kappa shape index (κ3) is 1.90. The molecule has 2 aromatic rings. The number of rotatable bonds is 2. The van der Waals surface area contributed by atoms with Gasteiger partial charge in [-0.2, -0.15) is 15.4 Å². The Morgan fingerprint density at radius 2 is 2.40 bits per heavy atom. The van der Waals surface area contributed by atoms with Crippen LogP contribution >= 0.6 is 0 Å². The van der Waals surface area contributed by atoms with Crippen molar-refractivity contribution >= 4 is 17.4 Å². The highest BCUT2D eigenvalue weighted by Crippen LogP contribution is 2.13. The molecule has 2 rings (SSSR count). The summed E-state index contributed by atoms with van der Waals surface area (Å²) in [6.45, 7) is 0. The van der Waals surface area contributed by atoms with E-state index in [0.29, 0.717) is 11.5 Å². The number of nitrogen functional groups attached to an aromatic ring is 1. The third-order valence-electron chi connectivity index (χ3n) is 1.72. The zero-order valence-corrected chi connectivity index (χ0v) is 7.64. The van der Waals surface area contributed by atoms with Crippen LogP contribution < -0.4 is 11.1 Å². The molecular weight excluding hydrogens is 196 g/mol. The number of pyridine rings is 1. The summed E-state index contributed by atoms with van der Waals surface area (Å²) in [4.78, 5) is 15.4. The van der Waals surface area contributed by atoms with Crippen LogP contribution in [0.5, 0.6) is 0 Å². The molecule has 2 aromatic heterocycles. The van der Waals surface area contributed by atoms with Gasteiger partial charge >= 0.3 is 0 Å². The Labute approximate surface area is 84.7 Å². The minimum absolute atomic E-state index is 0.181. The van der Waals surface area contributed by atoms with Crippen molar-refractivity contribution in [1.82, 2.24) is 20.4 Å². The molecule has 0 aromatic carbocycles. The number of hydrogen-bond donors (Lipinski definition) is 3. The molecule has 0 atom stereocenters. The maximum Gasteiger partial charge on any atom is 0.279 e. The molecule has 0 aliphatic rings. The lowest BCUT2D eigenvalue weighted by Crippen LogP contribution is -2.14. The van der Waals surface area contributed by atoms with Crippen LogP contribution in [0, 0.1) is 0 Å². The number of amides is 1. The number of carbonyl (C=O) groups is 1. The fraction of sp³-hybridized carbons (Fsp3) is 0. The molecule has 7 nitrogen and oxygen atoms in total. The summed E-state index contributed by atoms with van der Waals surface area (Å²) in [5.74, 6) is -0.0975. The van der Waals surface area contributed by atoms with Crippen molar-refractivity contribution in [2.45, 2.75) is 0 Å². The van der Waals surface area contributed by atoms with Crippen LogP contribution in [0.15, 0.2) is 24.5 Å². The number of hydrogen-bond acceptors (Lipinski definition) is 5. The van der Waals surface area contributed by atoms with Crippen molar-refractivity contribution in [3.8, 4) is 0 Å². The van der Waals surface area contributed by atoms with Crippen molar-refractivity contribution in [3.63, 3.8) is 0 Å². The van der Waals surface area contributed by atoms with Gasteiger partial charge in [-0.3, -0.25) is 4.79 Å². The summed E-state index contributed by atoms with van der Waals surface area (Å²) >= 11 is 0. The number of nitrogens with two attached hydrogens (primary N) is 1. The average molecular weight is 204 g/mol. The first-order chi connectivity index (χ1) is 7.27. The molecule has 0 saturated carbocycles. The standard InChI is InChI=1S/C8H8N6O/c9-5-2-1-3-10-7(5)12-8(15)6-4-11-14-13-6/h1-4H,9H2,(H,10,12,15)(H,11,13,14). The van der Waals surface area contributed by atoms with E-state index in [1.807, 2.05) is 0 Å². The fourth-order valence-corrected chi connectivity index (χ4v) is 1.00. The number of H-pyrrole nitrogens is 1. The average Bonchev–Trinajstić information content (AvgIpc) is 2.74. The highest BCUT2D eigenvalue weighted by atomic mass is 16.2. The second-order valence-electron chi connectivity index (χ2n) is 2.75. The van der Waals surface area contributed by atoms with Gasteiger partial charge in [-0.25, -0.2) is 4.98 Å². The Hall–Kier alpha value is -2.44. The SMILES string of the molecule is Nc1cccnc1NC(=O)c1cn[nH]n1. The summed E-state index contributed by atoms with van der Waals surface area (Å²) in [7, 11) is 0. The van der Waals surface area contributed by atoms with Gasteiger partial charge in [-0.05, 0) is 12.1 Å². The molecule has 2 heterocycles. The van der Waals surface area contributed by atoms with Gasteiger partial charge in [0.05, 0.1) is 11.9 Å². The Kier molecular flexibility index (Phi) is 2.28. The van der Waals surface area contributed by atoms with Gasteiger partial charge in [-0.1, -0.05) is 0 Å². The molecule has 7 heteroatoms. The molecule has 0 saturated heterocycles. The van der Waals surface area contributed by atoms with E-state index >= 15 is 0 Å². The summed E-state index contributed by atoms with van der Waals surface area (Å²) in [5, 5.41) is 12.0. The number of nitrogens with zero attached hydrogens (tertiary/aromatic N) is 3. The minimum Gasteiger partial charge on any atom is -0.396 e. The van der Waals surface area contributed by atoms with Crippen molar-refractivity contribution in [2.24, 2.45) is 0 Å². The molecule has 0 unspecified atom stereocenters. The van der Waals surface area contributed by atoms with Crippen LogP contribution in [0.3, 0.4) is 0 Å². The number of aromatic amines is 1. The quantitative estimate of drug-likeness (QED) is 0.639. The van der Waals surface area contributed by atoms with Gasteiger partial charge in [0.2, 0.25) is 0 Å². The second-order valence-corrected chi connectivity index (χ2v) is 2.75. The molecule has 0 bridgehead atoms. The molecule has 0 fully saturated rings. The smallest absolute Gasteiger partial charge is 0.279 e. The van der Waals surface area contributed by atoms with Crippen LogP contribution in [0.2, 0.25) is 0 Å². The number of carbonyl (C=O) groups excluding carboxylic acids is 1. The number of anilines is 2. The third-order valence-corrected chi connectivity index (χ3v) is 1.72. The van der Waals surface area contributed by atoms with E-state index in [4.69, 9.17) is 5.73 Å². The lowest BCUT2D eigenvalue weighted by molar-refractivity contribution is 0.102. The number of nitrogens with one attached hydrogen (secondary N) is 2. The largest absolute Gasteiger partial charge is 0.396 e. The summed E-state index contributed by atoms with van der Waals surface area (Å²) in [6, 6.07) is 3.33. The second kappa shape index (κ2) is 3.74. The van der Waals surface area contributed by atoms with Crippen LogP contribution in [0.1, 0.15) is 10.5 Å².